The Morgan fingerprint density at radius 3 is 2.25 bits per heavy atom. The molecule has 1 heterocycles. The van der Waals surface area contributed by atoms with Crippen molar-refractivity contribution < 1.29 is 23.8 Å². The molecule has 0 amide bonds. The monoisotopic (exact) mass is 489 g/mol. The van der Waals surface area contributed by atoms with Gasteiger partial charge >= 0.3 is 5.97 Å². The van der Waals surface area contributed by atoms with Crippen LogP contribution in [-0.4, -0.2) is 31.6 Å². The smallest absolute Gasteiger partial charge is 0.337 e. The highest BCUT2D eigenvalue weighted by Gasteiger charge is 2.41. The number of rotatable bonds is 8. The lowest BCUT2D eigenvalue weighted by molar-refractivity contribution is -0.143. The molecule has 0 saturated heterocycles. The Kier molecular flexibility index (Phi) is 7.82. The van der Waals surface area contributed by atoms with Crippen molar-refractivity contribution in [1.82, 2.24) is 5.32 Å². The van der Waals surface area contributed by atoms with Crippen molar-refractivity contribution in [2.75, 3.05) is 13.7 Å². The van der Waals surface area contributed by atoms with E-state index in [4.69, 9.17) is 14.2 Å². The number of esters is 1. The van der Waals surface area contributed by atoms with E-state index in [-0.39, 0.29) is 17.8 Å². The number of ketones is 1. The lowest BCUT2D eigenvalue weighted by Crippen LogP contribution is -2.36. The van der Waals surface area contributed by atoms with Crippen LogP contribution in [0, 0.1) is 0 Å². The Morgan fingerprint density at radius 2 is 1.64 bits per heavy atom. The Balaban J connectivity index is 1.73. The third-order valence-electron chi connectivity index (χ3n) is 6.66. The van der Waals surface area contributed by atoms with Crippen LogP contribution < -0.4 is 14.8 Å². The number of hydrogen-bond acceptors (Lipinski definition) is 6. The van der Waals surface area contributed by atoms with Crippen LogP contribution in [-0.2, 0) is 14.3 Å². The Morgan fingerprint density at radius 1 is 1.00 bits per heavy atom. The third-order valence-corrected chi connectivity index (χ3v) is 6.66. The zero-order valence-electron chi connectivity index (χ0n) is 21.7. The fourth-order valence-electron chi connectivity index (χ4n) is 5.01. The van der Waals surface area contributed by atoms with Crippen LogP contribution in [0.15, 0.2) is 71.1 Å². The van der Waals surface area contributed by atoms with Gasteiger partial charge in [-0.15, -0.1) is 0 Å². The molecule has 0 fully saturated rings. The van der Waals surface area contributed by atoms with Gasteiger partial charge in [0, 0.05) is 29.3 Å². The van der Waals surface area contributed by atoms with Gasteiger partial charge in [0.05, 0.1) is 25.4 Å². The lowest BCUT2D eigenvalue weighted by Gasteiger charge is -2.37. The molecule has 4 rings (SSSR count). The van der Waals surface area contributed by atoms with Crippen LogP contribution in [0.5, 0.6) is 11.5 Å². The lowest BCUT2D eigenvalue weighted by atomic mass is 9.71. The van der Waals surface area contributed by atoms with Crippen molar-refractivity contribution in [2.45, 2.75) is 64.9 Å². The second-order valence-corrected chi connectivity index (χ2v) is 9.66. The minimum atomic E-state index is -0.489. The number of hydrogen-bond donors (Lipinski definition) is 1. The van der Waals surface area contributed by atoms with Gasteiger partial charge in [0.1, 0.15) is 11.5 Å². The second-order valence-electron chi connectivity index (χ2n) is 9.66. The van der Waals surface area contributed by atoms with Crippen molar-refractivity contribution in [3.63, 3.8) is 0 Å². The summed E-state index contributed by atoms with van der Waals surface area (Å²) in [6.07, 6.45) is 1.72. The van der Waals surface area contributed by atoms with E-state index >= 15 is 0 Å². The molecule has 0 bridgehead atoms. The molecule has 1 aliphatic carbocycles. The van der Waals surface area contributed by atoms with Crippen LogP contribution in [0.2, 0.25) is 0 Å². The van der Waals surface area contributed by atoms with E-state index in [1.807, 2.05) is 69.3 Å². The number of dihydropyridines is 1. The number of methoxy groups -OCH3 is 1. The summed E-state index contributed by atoms with van der Waals surface area (Å²) >= 11 is 0. The summed E-state index contributed by atoms with van der Waals surface area (Å²) < 4.78 is 16.6. The summed E-state index contributed by atoms with van der Waals surface area (Å²) in [7, 11) is 1.64. The minimum absolute atomic E-state index is 0.0447. The predicted molar refractivity (Wildman–Crippen MR) is 139 cm³/mol. The van der Waals surface area contributed by atoms with Crippen molar-refractivity contribution in [2.24, 2.45) is 0 Å². The number of carbonyl (C=O) groups excluding carboxylic acids is 2. The maximum atomic E-state index is 13.7. The number of Topliss-reactive ketones (excluding diaryl/α,β-unsaturated/α-hetero) is 1. The first-order chi connectivity index (χ1) is 17.3. The number of carbonyl (C=O) groups is 2. The van der Waals surface area contributed by atoms with Crippen molar-refractivity contribution in [3.8, 4) is 11.5 Å². The zero-order valence-corrected chi connectivity index (χ0v) is 21.7. The van der Waals surface area contributed by atoms with Crippen molar-refractivity contribution >= 4 is 11.8 Å². The third kappa shape index (κ3) is 5.32. The SMILES string of the molecule is CCCOc1ccc([C@H]2C(C(=O)OC(C)C)=C(C)NC3=C2C(=O)C[C@H](c2ccc(OC)cc2)C3)cc1. The van der Waals surface area contributed by atoms with E-state index < -0.39 is 11.9 Å². The highest BCUT2D eigenvalue weighted by molar-refractivity contribution is 6.04. The van der Waals surface area contributed by atoms with Crippen LogP contribution in [0.4, 0.5) is 0 Å². The molecule has 6 heteroatoms. The van der Waals surface area contributed by atoms with Gasteiger partial charge in [0.25, 0.3) is 0 Å². The first-order valence-corrected chi connectivity index (χ1v) is 12.6. The quantitative estimate of drug-likeness (QED) is 0.473. The first-order valence-electron chi connectivity index (χ1n) is 12.6. The topological polar surface area (TPSA) is 73.9 Å². The van der Waals surface area contributed by atoms with Gasteiger partial charge < -0.3 is 19.5 Å². The molecular weight excluding hydrogens is 454 g/mol. The summed E-state index contributed by atoms with van der Waals surface area (Å²) in [6, 6.07) is 15.6. The molecule has 0 spiro atoms. The number of allylic oxidation sites excluding steroid dienone is 3. The van der Waals surface area contributed by atoms with Crippen LogP contribution in [0.3, 0.4) is 0 Å². The molecule has 1 N–H and O–H groups in total. The van der Waals surface area contributed by atoms with Crippen LogP contribution in [0.25, 0.3) is 0 Å². The normalized spacial score (nSPS) is 19.7. The molecule has 2 aromatic carbocycles. The predicted octanol–water partition coefficient (Wildman–Crippen LogP) is 5.80. The van der Waals surface area contributed by atoms with Gasteiger partial charge in [-0.25, -0.2) is 4.79 Å². The average Bonchev–Trinajstić information content (AvgIpc) is 2.86. The summed E-state index contributed by atoms with van der Waals surface area (Å²) in [5.41, 5.74) is 4.71. The fraction of sp³-hybridized carbons (Fsp3) is 0.400. The molecule has 36 heavy (non-hydrogen) atoms. The van der Waals surface area contributed by atoms with Gasteiger partial charge in [0.2, 0.25) is 0 Å². The van der Waals surface area contributed by atoms with Crippen LogP contribution in [0.1, 0.15) is 69.9 Å². The molecule has 2 aliphatic rings. The summed E-state index contributed by atoms with van der Waals surface area (Å²) in [4.78, 5) is 27.0. The molecule has 0 saturated carbocycles. The van der Waals surface area contributed by atoms with E-state index in [9.17, 15) is 9.59 Å². The fourth-order valence-corrected chi connectivity index (χ4v) is 5.01. The molecular formula is C30H35NO5. The molecule has 190 valence electrons. The second kappa shape index (κ2) is 11.0. The summed E-state index contributed by atoms with van der Waals surface area (Å²) in [6.45, 7) is 8.24. The molecule has 0 unspecified atom stereocenters. The number of benzene rings is 2. The van der Waals surface area contributed by atoms with Gasteiger partial charge in [-0.2, -0.15) is 0 Å². The Labute approximate surface area is 213 Å². The summed E-state index contributed by atoms with van der Waals surface area (Å²) in [5, 5.41) is 3.40. The summed E-state index contributed by atoms with van der Waals surface area (Å²) in [5.74, 6) is 0.765. The molecule has 2 aromatic rings. The Bertz CT molecular complexity index is 1170. The maximum absolute atomic E-state index is 13.7. The van der Waals surface area contributed by atoms with E-state index in [1.54, 1.807) is 7.11 Å². The average molecular weight is 490 g/mol. The number of ether oxygens (including phenoxy) is 3. The first kappa shape index (κ1) is 25.5. The van der Waals surface area contributed by atoms with E-state index in [1.165, 1.54) is 0 Å². The molecule has 1 aliphatic heterocycles. The largest absolute Gasteiger partial charge is 0.497 e. The van der Waals surface area contributed by atoms with E-state index in [0.717, 1.165) is 40.4 Å². The molecule has 6 nitrogen and oxygen atoms in total. The maximum Gasteiger partial charge on any atom is 0.337 e. The van der Waals surface area contributed by atoms with Gasteiger partial charge in [-0.05, 0) is 74.9 Å². The zero-order chi connectivity index (χ0) is 25.8. The van der Waals surface area contributed by atoms with Gasteiger partial charge in [0.15, 0.2) is 5.78 Å². The van der Waals surface area contributed by atoms with Crippen LogP contribution >= 0.6 is 0 Å². The van der Waals surface area contributed by atoms with Gasteiger partial charge in [-0.3, -0.25) is 4.79 Å². The number of nitrogens with one attached hydrogen (secondary N) is 1. The highest BCUT2D eigenvalue weighted by atomic mass is 16.5. The Hall–Kier alpha value is -3.54. The standard InChI is InChI=1S/C30H35NO5/c1-6-15-35-24-13-9-21(10-14-24)28-27(30(33)36-18(2)3)19(4)31-25-16-22(17-26(32)29(25)28)20-7-11-23(34-5)12-8-20/h7-14,18,22,28,31H,6,15-17H2,1-5H3/t22-,28+/m1/s1. The minimum Gasteiger partial charge on any atom is -0.497 e. The molecule has 0 aromatic heterocycles. The van der Waals surface area contributed by atoms with Crippen molar-refractivity contribution in [3.05, 3.63) is 82.2 Å². The highest BCUT2D eigenvalue weighted by Crippen LogP contribution is 2.46. The molecule has 0 radical (unpaired) electrons. The van der Waals surface area contributed by atoms with Gasteiger partial charge in [-0.1, -0.05) is 31.2 Å². The molecule has 2 atom stereocenters. The van der Waals surface area contributed by atoms with Crippen molar-refractivity contribution in [1.29, 1.82) is 0 Å². The van der Waals surface area contributed by atoms with E-state index in [2.05, 4.69) is 12.2 Å². The van der Waals surface area contributed by atoms with E-state index in [0.29, 0.717) is 30.6 Å².